The van der Waals surface area contributed by atoms with Gasteiger partial charge in [-0.05, 0) is 79.9 Å². The van der Waals surface area contributed by atoms with Gasteiger partial charge in [-0.1, -0.05) is 42.6 Å². The number of amides is 2. The number of ether oxygens (including phenoxy) is 1. The molecule has 0 aliphatic heterocycles. The number of benzene rings is 3. The smallest absolute Gasteiger partial charge is 0.264 e. The number of carbonyl (C=O) groups excluding carboxylic acids is 2. The second kappa shape index (κ2) is 13.4. The molecule has 2 amide bonds. The van der Waals surface area contributed by atoms with Crippen LogP contribution in [0.5, 0.6) is 5.75 Å². The SMILES string of the molecule is COc1ccc(S(=O)(=O)N(CC(=O)N(Cc2ccccc2Cl)[C@@H](C)C(=O)NC2CCCC2)c2ccc(F)cc2)cc1. The van der Waals surface area contributed by atoms with Gasteiger partial charge in [0, 0.05) is 17.6 Å². The van der Waals surface area contributed by atoms with Crippen molar-refractivity contribution in [3.63, 3.8) is 0 Å². The minimum atomic E-state index is -4.28. The summed E-state index contributed by atoms with van der Waals surface area (Å²) in [6, 6.07) is 16.6. The average Bonchev–Trinajstić information content (AvgIpc) is 3.48. The van der Waals surface area contributed by atoms with Crippen LogP contribution in [0.1, 0.15) is 38.2 Å². The lowest BCUT2D eigenvalue weighted by atomic mass is 10.1. The molecular formula is C30H33ClFN3O5S. The van der Waals surface area contributed by atoms with Gasteiger partial charge in [-0.3, -0.25) is 13.9 Å². The number of methoxy groups -OCH3 is 1. The van der Waals surface area contributed by atoms with Crippen molar-refractivity contribution in [2.45, 2.75) is 56.1 Å². The van der Waals surface area contributed by atoms with Gasteiger partial charge >= 0.3 is 0 Å². The van der Waals surface area contributed by atoms with Gasteiger partial charge in [-0.25, -0.2) is 12.8 Å². The minimum Gasteiger partial charge on any atom is -0.497 e. The highest BCUT2D eigenvalue weighted by atomic mass is 35.5. The Kier molecular flexibility index (Phi) is 9.88. The average molecular weight is 602 g/mol. The van der Waals surface area contributed by atoms with Crippen LogP contribution in [0, 0.1) is 5.82 Å². The van der Waals surface area contributed by atoms with Crippen molar-refractivity contribution in [3.8, 4) is 5.75 Å². The minimum absolute atomic E-state index is 0.0163. The van der Waals surface area contributed by atoms with E-state index in [-0.39, 0.29) is 29.1 Å². The summed E-state index contributed by atoms with van der Waals surface area (Å²) < 4.78 is 47.5. The normalized spacial score (nSPS) is 14.3. The molecule has 0 radical (unpaired) electrons. The number of carbonyl (C=O) groups is 2. The predicted octanol–water partition coefficient (Wildman–Crippen LogP) is 5.16. The zero-order chi connectivity index (χ0) is 29.6. The Hall–Kier alpha value is -3.63. The van der Waals surface area contributed by atoms with E-state index in [1.165, 1.54) is 48.4 Å². The molecule has 218 valence electrons. The summed E-state index contributed by atoms with van der Waals surface area (Å²) in [5.74, 6) is -1.05. The molecule has 1 aliphatic rings. The van der Waals surface area contributed by atoms with Crippen LogP contribution in [0.25, 0.3) is 0 Å². The Morgan fingerprint density at radius 1 is 1.02 bits per heavy atom. The number of nitrogens with zero attached hydrogens (tertiary/aromatic N) is 2. The van der Waals surface area contributed by atoms with Crippen LogP contribution in [0.2, 0.25) is 5.02 Å². The Bertz CT molecular complexity index is 1460. The number of hydrogen-bond acceptors (Lipinski definition) is 5. The quantitative estimate of drug-likeness (QED) is 0.328. The van der Waals surface area contributed by atoms with Crippen molar-refractivity contribution in [1.82, 2.24) is 10.2 Å². The van der Waals surface area contributed by atoms with Crippen molar-refractivity contribution < 1.29 is 27.1 Å². The molecule has 11 heteroatoms. The Morgan fingerprint density at radius 2 is 1.66 bits per heavy atom. The van der Waals surface area contributed by atoms with Crippen molar-refractivity contribution in [1.29, 1.82) is 0 Å². The van der Waals surface area contributed by atoms with Crippen LogP contribution in [0.15, 0.2) is 77.7 Å². The zero-order valence-electron chi connectivity index (χ0n) is 22.9. The third-order valence-corrected chi connectivity index (χ3v) is 9.37. The van der Waals surface area contributed by atoms with Crippen LogP contribution in [0.4, 0.5) is 10.1 Å². The van der Waals surface area contributed by atoms with Crippen LogP contribution >= 0.6 is 11.6 Å². The molecule has 1 fully saturated rings. The third-order valence-electron chi connectivity index (χ3n) is 7.21. The number of anilines is 1. The lowest BCUT2D eigenvalue weighted by molar-refractivity contribution is -0.139. The summed E-state index contributed by atoms with van der Waals surface area (Å²) in [6.45, 7) is 0.961. The van der Waals surface area contributed by atoms with E-state index in [1.807, 2.05) is 0 Å². The van der Waals surface area contributed by atoms with E-state index in [1.54, 1.807) is 31.2 Å². The number of hydrogen-bond donors (Lipinski definition) is 1. The molecule has 1 saturated carbocycles. The van der Waals surface area contributed by atoms with E-state index in [0.717, 1.165) is 42.1 Å². The zero-order valence-corrected chi connectivity index (χ0v) is 24.5. The van der Waals surface area contributed by atoms with Gasteiger partial charge in [0.25, 0.3) is 10.0 Å². The van der Waals surface area contributed by atoms with Gasteiger partial charge in [-0.15, -0.1) is 0 Å². The first-order chi connectivity index (χ1) is 19.6. The molecule has 3 aromatic carbocycles. The van der Waals surface area contributed by atoms with E-state index >= 15 is 0 Å². The highest BCUT2D eigenvalue weighted by Gasteiger charge is 2.33. The van der Waals surface area contributed by atoms with Crippen LogP contribution in [0.3, 0.4) is 0 Å². The van der Waals surface area contributed by atoms with E-state index in [4.69, 9.17) is 16.3 Å². The molecule has 8 nitrogen and oxygen atoms in total. The first kappa shape index (κ1) is 30.3. The lowest BCUT2D eigenvalue weighted by Gasteiger charge is -2.32. The fourth-order valence-electron chi connectivity index (χ4n) is 4.80. The second-order valence-corrected chi connectivity index (χ2v) is 12.2. The van der Waals surface area contributed by atoms with Crippen molar-refractivity contribution in [2.24, 2.45) is 0 Å². The molecule has 0 heterocycles. The molecule has 1 atom stereocenters. The van der Waals surface area contributed by atoms with Crippen LogP contribution in [-0.4, -0.2) is 50.9 Å². The molecule has 1 aliphatic carbocycles. The van der Waals surface area contributed by atoms with Gasteiger partial charge < -0.3 is 15.0 Å². The summed E-state index contributed by atoms with van der Waals surface area (Å²) >= 11 is 6.40. The number of halogens is 2. The maximum Gasteiger partial charge on any atom is 0.264 e. The highest BCUT2D eigenvalue weighted by Crippen LogP contribution is 2.27. The number of nitrogens with one attached hydrogen (secondary N) is 1. The molecule has 3 aromatic rings. The van der Waals surface area contributed by atoms with Crippen LogP contribution < -0.4 is 14.4 Å². The molecule has 0 saturated heterocycles. The summed E-state index contributed by atoms with van der Waals surface area (Å²) in [6.07, 6.45) is 3.79. The standard InChI is InChI=1S/C30H33ClFN3O5S/c1-21(30(37)33-24-8-4-5-9-24)34(19-22-7-3-6-10-28(22)31)29(36)20-35(25-13-11-23(32)12-14-25)41(38,39)27-17-15-26(40-2)16-18-27/h3,6-7,10-18,21,24H,4-5,8-9,19-20H2,1-2H3,(H,33,37)/t21-/m0/s1. The summed E-state index contributed by atoms with van der Waals surface area (Å²) in [4.78, 5) is 28.5. The fraction of sp³-hybridized carbons (Fsp3) is 0.333. The molecule has 0 spiro atoms. The molecule has 0 aromatic heterocycles. The summed E-state index contributed by atoms with van der Waals surface area (Å²) in [5, 5.41) is 3.43. The molecular weight excluding hydrogens is 569 g/mol. The van der Waals surface area contributed by atoms with Crippen molar-refractivity contribution in [3.05, 3.63) is 89.2 Å². The predicted molar refractivity (Wildman–Crippen MR) is 156 cm³/mol. The van der Waals surface area contributed by atoms with E-state index < -0.39 is 34.3 Å². The number of sulfonamides is 1. The lowest BCUT2D eigenvalue weighted by Crippen LogP contribution is -2.52. The highest BCUT2D eigenvalue weighted by molar-refractivity contribution is 7.92. The molecule has 41 heavy (non-hydrogen) atoms. The molecule has 1 N–H and O–H groups in total. The molecule has 0 bridgehead atoms. The van der Waals surface area contributed by atoms with E-state index in [2.05, 4.69) is 5.32 Å². The summed E-state index contributed by atoms with van der Waals surface area (Å²) in [5.41, 5.74) is 0.700. The Balaban J connectivity index is 1.69. The largest absolute Gasteiger partial charge is 0.497 e. The van der Waals surface area contributed by atoms with Gasteiger partial charge in [0.15, 0.2) is 0 Å². The number of rotatable bonds is 11. The van der Waals surface area contributed by atoms with Gasteiger partial charge in [-0.2, -0.15) is 0 Å². The molecule has 0 unspecified atom stereocenters. The van der Waals surface area contributed by atoms with Gasteiger partial charge in [0.05, 0.1) is 17.7 Å². The van der Waals surface area contributed by atoms with Gasteiger partial charge in [0.1, 0.15) is 24.2 Å². The van der Waals surface area contributed by atoms with Gasteiger partial charge in [0.2, 0.25) is 11.8 Å². The fourth-order valence-corrected chi connectivity index (χ4v) is 6.41. The Morgan fingerprint density at radius 3 is 2.27 bits per heavy atom. The van der Waals surface area contributed by atoms with Crippen molar-refractivity contribution in [2.75, 3.05) is 18.0 Å². The molecule has 4 rings (SSSR count). The monoisotopic (exact) mass is 601 g/mol. The topological polar surface area (TPSA) is 96.0 Å². The van der Waals surface area contributed by atoms with E-state index in [0.29, 0.717) is 16.3 Å². The van der Waals surface area contributed by atoms with Crippen LogP contribution in [-0.2, 0) is 26.2 Å². The third kappa shape index (κ3) is 7.37. The first-order valence-electron chi connectivity index (χ1n) is 13.4. The first-order valence-corrected chi connectivity index (χ1v) is 15.2. The second-order valence-electron chi connectivity index (χ2n) is 9.94. The van der Waals surface area contributed by atoms with Crippen molar-refractivity contribution >= 4 is 39.1 Å². The maximum absolute atomic E-state index is 14.0. The summed E-state index contributed by atoms with van der Waals surface area (Å²) in [7, 11) is -2.82. The Labute approximate surface area is 245 Å². The maximum atomic E-state index is 14.0. The van der Waals surface area contributed by atoms with E-state index in [9.17, 15) is 22.4 Å².